The molecule has 117 valence electrons. The van der Waals surface area contributed by atoms with Gasteiger partial charge in [-0.15, -0.1) is 0 Å². The topological polar surface area (TPSA) is 58.5 Å². The highest BCUT2D eigenvalue weighted by atomic mass is 16.2. The first kappa shape index (κ1) is 14.1. The quantitative estimate of drug-likeness (QED) is 0.916. The number of anilines is 2. The van der Waals surface area contributed by atoms with E-state index in [1.807, 2.05) is 12.1 Å². The Kier molecular flexibility index (Phi) is 3.63. The second-order valence-corrected chi connectivity index (χ2v) is 5.95. The predicted molar refractivity (Wildman–Crippen MR) is 91.6 cm³/mol. The zero-order valence-corrected chi connectivity index (χ0v) is 12.9. The van der Waals surface area contributed by atoms with Crippen LogP contribution in [-0.2, 0) is 6.42 Å². The summed E-state index contributed by atoms with van der Waals surface area (Å²) >= 11 is 0. The minimum Gasteiger partial charge on any atom is -0.367 e. The van der Waals surface area contributed by atoms with E-state index in [1.54, 1.807) is 0 Å². The van der Waals surface area contributed by atoms with Gasteiger partial charge in [0.15, 0.2) is 0 Å². The van der Waals surface area contributed by atoms with Crippen molar-refractivity contribution in [3.8, 4) is 0 Å². The van der Waals surface area contributed by atoms with Crippen molar-refractivity contribution >= 4 is 23.1 Å². The first-order valence-electron chi connectivity index (χ1n) is 7.99. The first-order chi connectivity index (χ1) is 11.3. The van der Waals surface area contributed by atoms with Gasteiger partial charge in [0.05, 0.1) is 11.4 Å². The first-order valence-corrected chi connectivity index (χ1v) is 7.99. The maximum atomic E-state index is 11.7. The van der Waals surface area contributed by atoms with Crippen LogP contribution in [0.4, 0.5) is 21.9 Å². The van der Waals surface area contributed by atoms with Crippen molar-refractivity contribution in [2.45, 2.75) is 6.42 Å². The highest BCUT2D eigenvalue weighted by molar-refractivity contribution is 6.06. The highest BCUT2D eigenvalue weighted by Gasteiger charge is 2.26. The molecule has 0 saturated carbocycles. The van der Waals surface area contributed by atoms with Gasteiger partial charge >= 0.3 is 6.03 Å². The molecule has 0 aliphatic carbocycles. The summed E-state index contributed by atoms with van der Waals surface area (Å²) < 4.78 is 0. The van der Waals surface area contributed by atoms with Crippen LogP contribution in [0.25, 0.3) is 0 Å². The largest absolute Gasteiger partial charge is 0.367 e. The van der Waals surface area contributed by atoms with Crippen LogP contribution in [0, 0.1) is 0 Å². The van der Waals surface area contributed by atoms with E-state index in [0.29, 0.717) is 0 Å². The molecular formula is C18H19N4O. The molecule has 2 N–H and O–H groups in total. The third-order valence-corrected chi connectivity index (χ3v) is 4.31. The second-order valence-electron chi connectivity index (χ2n) is 5.95. The van der Waals surface area contributed by atoms with Crippen LogP contribution >= 0.6 is 0 Å². The third kappa shape index (κ3) is 2.87. The van der Waals surface area contributed by atoms with E-state index < -0.39 is 0 Å². The van der Waals surface area contributed by atoms with Gasteiger partial charge in [0.25, 0.3) is 0 Å². The van der Waals surface area contributed by atoms with Crippen LogP contribution in [-0.4, -0.2) is 32.2 Å². The van der Waals surface area contributed by atoms with E-state index in [9.17, 15) is 4.79 Å². The summed E-state index contributed by atoms with van der Waals surface area (Å²) in [5.41, 5.74) is 5.14. The van der Waals surface area contributed by atoms with Gasteiger partial charge in [0, 0.05) is 26.2 Å². The number of fused-ring (bicyclic) bond motifs is 1. The Morgan fingerprint density at radius 3 is 2.61 bits per heavy atom. The molecule has 2 amide bonds. The van der Waals surface area contributed by atoms with Crippen LogP contribution in [0.1, 0.15) is 11.1 Å². The monoisotopic (exact) mass is 307 g/mol. The second kappa shape index (κ2) is 5.93. The molecular weight excluding hydrogens is 288 g/mol. The Morgan fingerprint density at radius 2 is 1.83 bits per heavy atom. The summed E-state index contributed by atoms with van der Waals surface area (Å²) in [5, 5.41) is 10.4. The van der Waals surface area contributed by atoms with E-state index in [0.717, 1.165) is 49.7 Å². The van der Waals surface area contributed by atoms with Gasteiger partial charge in [0.1, 0.15) is 5.69 Å². The minimum absolute atomic E-state index is 0.270. The van der Waals surface area contributed by atoms with Gasteiger partial charge < -0.3 is 15.5 Å². The van der Waals surface area contributed by atoms with Crippen molar-refractivity contribution in [2.24, 2.45) is 0 Å². The third-order valence-electron chi connectivity index (χ3n) is 4.31. The summed E-state index contributed by atoms with van der Waals surface area (Å²) in [7, 11) is 0. The Hall–Kier alpha value is -2.53. The average Bonchev–Trinajstić information content (AvgIpc) is 2.96. The number of nitrogens with one attached hydrogen (secondary N) is 2. The number of hydrogen-bond donors (Lipinski definition) is 2. The molecule has 5 nitrogen and oxygen atoms in total. The molecule has 2 aliphatic heterocycles. The van der Waals surface area contributed by atoms with Gasteiger partial charge in [-0.25, -0.2) is 4.79 Å². The summed E-state index contributed by atoms with van der Waals surface area (Å²) in [6.45, 7) is 3.79. The number of benzene rings is 2. The van der Waals surface area contributed by atoms with Gasteiger partial charge in [-0.2, -0.15) is 5.32 Å². The lowest BCUT2D eigenvalue weighted by atomic mass is 10.0. The van der Waals surface area contributed by atoms with E-state index in [-0.39, 0.29) is 6.03 Å². The molecule has 2 heterocycles. The van der Waals surface area contributed by atoms with E-state index >= 15 is 0 Å². The molecule has 23 heavy (non-hydrogen) atoms. The maximum Gasteiger partial charge on any atom is 0.346 e. The van der Waals surface area contributed by atoms with Crippen molar-refractivity contribution in [3.63, 3.8) is 0 Å². The minimum atomic E-state index is -0.270. The van der Waals surface area contributed by atoms with Gasteiger partial charge in [0.2, 0.25) is 0 Å². The van der Waals surface area contributed by atoms with Crippen molar-refractivity contribution in [1.82, 2.24) is 10.6 Å². The predicted octanol–water partition coefficient (Wildman–Crippen LogP) is 2.47. The fraction of sp³-hybridized carbons (Fsp3) is 0.278. The summed E-state index contributed by atoms with van der Waals surface area (Å²) in [6, 6.07) is 14.3. The van der Waals surface area contributed by atoms with Crippen LogP contribution in [0.5, 0.6) is 0 Å². The fourth-order valence-electron chi connectivity index (χ4n) is 3.22. The lowest BCUT2D eigenvalue weighted by Crippen LogP contribution is -2.43. The lowest BCUT2D eigenvalue weighted by molar-refractivity contribution is 0.256. The van der Waals surface area contributed by atoms with Crippen LogP contribution in [0.3, 0.4) is 0 Å². The molecule has 1 saturated heterocycles. The molecule has 4 rings (SSSR count). The van der Waals surface area contributed by atoms with Gasteiger partial charge in [-0.3, -0.25) is 0 Å². The smallest absolute Gasteiger partial charge is 0.346 e. The number of urea groups is 1. The normalized spacial score (nSPS) is 16.7. The zero-order valence-electron chi connectivity index (χ0n) is 12.9. The Bertz CT molecular complexity index is 723. The number of amides is 2. The molecule has 2 aromatic rings. The summed E-state index contributed by atoms with van der Waals surface area (Å²) in [6.07, 6.45) is 0.850. The molecule has 0 spiro atoms. The molecule has 5 heteroatoms. The van der Waals surface area contributed by atoms with Crippen LogP contribution < -0.4 is 20.9 Å². The number of rotatable bonds is 3. The zero-order chi connectivity index (χ0) is 15.6. The molecule has 0 bridgehead atoms. The number of nitrogens with zero attached hydrogens (tertiary/aromatic N) is 2. The average molecular weight is 307 g/mol. The van der Waals surface area contributed by atoms with E-state index in [4.69, 9.17) is 0 Å². The van der Waals surface area contributed by atoms with Gasteiger partial charge in [-0.05, 0) is 29.7 Å². The molecule has 1 fully saturated rings. The molecule has 2 aliphatic rings. The van der Waals surface area contributed by atoms with Crippen LogP contribution in [0.15, 0.2) is 42.5 Å². The van der Waals surface area contributed by atoms with Crippen molar-refractivity contribution in [2.75, 3.05) is 36.4 Å². The number of hydrogen-bond acceptors (Lipinski definition) is 3. The lowest BCUT2D eigenvalue weighted by Gasteiger charge is -2.30. The fourth-order valence-corrected chi connectivity index (χ4v) is 3.22. The van der Waals surface area contributed by atoms with Crippen molar-refractivity contribution in [1.29, 1.82) is 0 Å². The molecule has 0 unspecified atom stereocenters. The van der Waals surface area contributed by atoms with E-state index in [1.165, 1.54) is 11.1 Å². The molecule has 1 radical (unpaired) electrons. The highest BCUT2D eigenvalue weighted by Crippen LogP contribution is 2.39. The number of piperazine rings is 1. The summed E-state index contributed by atoms with van der Waals surface area (Å²) in [5.74, 6) is 0. The Labute approximate surface area is 135 Å². The number of carbonyl (C=O) groups is 1. The number of carbonyl (C=O) groups excluding carboxylic acids is 1. The molecule has 0 aromatic heterocycles. The van der Waals surface area contributed by atoms with Crippen LogP contribution in [0.2, 0.25) is 0 Å². The van der Waals surface area contributed by atoms with Crippen molar-refractivity contribution in [3.05, 3.63) is 53.6 Å². The van der Waals surface area contributed by atoms with Crippen molar-refractivity contribution < 1.29 is 4.79 Å². The summed E-state index contributed by atoms with van der Waals surface area (Å²) in [4.78, 5) is 14.0. The maximum absolute atomic E-state index is 11.7. The molecule has 0 atom stereocenters. The Balaban J connectivity index is 1.70. The molecule has 2 aromatic carbocycles. The van der Waals surface area contributed by atoms with Gasteiger partial charge in [-0.1, -0.05) is 30.3 Å². The standard InChI is InChI=1S/C18H19N4O/c23-18-20-15-11-14(10-13-4-2-1-3-5-13)12-16(17(15)21-18)22-8-6-19-7-9-22/h1-5,11-12,19H,6-10H2,(H,20,23). The SMILES string of the molecule is O=C1[N]c2c(cc(Cc3ccccc3)cc2N2CCNCC2)N1. The van der Waals surface area contributed by atoms with E-state index in [2.05, 4.69) is 51.2 Å². The Morgan fingerprint density at radius 1 is 1.04 bits per heavy atom.